The van der Waals surface area contributed by atoms with Gasteiger partial charge in [0.05, 0.1) is 18.2 Å². The monoisotopic (exact) mass is 368 g/mol. The van der Waals surface area contributed by atoms with E-state index in [0.29, 0.717) is 35.3 Å². The van der Waals surface area contributed by atoms with Crippen LogP contribution in [-0.2, 0) is 0 Å². The maximum Gasteiger partial charge on any atom is 0.162 e. The van der Waals surface area contributed by atoms with Crippen LogP contribution in [0.3, 0.4) is 0 Å². The van der Waals surface area contributed by atoms with E-state index in [9.17, 15) is 5.11 Å². The number of aliphatic hydroxyl groups is 1. The van der Waals surface area contributed by atoms with Crippen molar-refractivity contribution in [3.8, 4) is 11.5 Å². The van der Waals surface area contributed by atoms with Crippen LogP contribution < -0.4 is 9.47 Å². The summed E-state index contributed by atoms with van der Waals surface area (Å²) in [5.74, 6) is 1.25. The number of ether oxygens (including phenoxy) is 2. The lowest BCUT2D eigenvalue weighted by atomic mass is 10.0. The predicted octanol–water partition coefficient (Wildman–Crippen LogP) is 4.35. The Hall–Kier alpha value is -1.23. The van der Waals surface area contributed by atoms with Crippen molar-refractivity contribution in [2.45, 2.75) is 12.5 Å². The molecule has 1 aliphatic heterocycles. The van der Waals surface area contributed by atoms with Gasteiger partial charge in [-0.25, -0.2) is 0 Å². The minimum absolute atomic E-state index is 0.461. The molecular weight excluding hydrogens is 356 g/mol. The van der Waals surface area contributed by atoms with Crippen molar-refractivity contribution in [2.75, 3.05) is 13.2 Å². The van der Waals surface area contributed by atoms with Crippen LogP contribution >= 0.6 is 27.5 Å². The zero-order chi connectivity index (χ0) is 14.8. The van der Waals surface area contributed by atoms with E-state index in [-0.39, 0.29) is 0 Å². The molecule has 0 saturated carbocycles. The van der Waals surface area contributed by atoms with Crippen LogP contribution in [-0.4, -0.2) is 18.3 Å². The fraction of sp³-hybridized carbons (Fsp3) is 0.250. The van der Waals surface area contributed by atoms with Gasteiger partial charge in [-0.15, -0.1) is 0 Å². The van der Waals surface area contributed by atoms with Gasteiger partial charge in [-0.05, 0) is 17.7 Å². The van der Waals surface area contributed by atoms with Gasteiger partial charge in [-0.3, -0.25) is 0 Å². The molecule has 5 heteroatoms. The molecule has 110 valence electrons. The maximum atomic E-state index is 10.6. The second-order valence-electron chi connectivity index (χ2n) is 4.79. The van der Waals surface area contributed by atoms with Gasteiger partial charge in [0, 0.05) is 22.5 Å². The van der Waals surface area contributed by atoms with E-state index >= 15 is 0 Å². The SMILES string of the molecule is OC(c1cc2c(cc1Cl)OCCCO2)c1ccccc1Br. The number of hydrogen-bond donors (Lipinski definition) is 1. The summed E-state index contributed by atoms with van der Waals surface area (Å²) in [7, 11) is 0. The molecule has 0 saturated heterocycles. The normalized spacial score (nSPS) is 15.4. The molecule has 0 fully saturated rings. The molecule has 0 spiro atoms. The molecule has 1 N–H and O–H groups in total. The first-order valence-electron chi connectivity index (χ1n) is 6.68. The number of rotatable bonds is 2. The Morgan fingerprint density at radius 3 is 2.43 bits per heavy atom. The van der Waals surface area contributed by atoms with Crippen molar-refractivity contribution in [1.82, 2.24) is 0 Å². The van der Waals surface area contributed by atoms with E-state index in [0.717, 1.165) is 16.5 Å². The molecule has 0 amide bonds. The van der Waals surface area contributed by atoms with E-state index in [1.54, 1.807) is 12.1 Å². The summed E-state index contributed by atoms with van der Waals surface area (Å²) in [5, 5.41) is 11.1. The van der Waals surface area contributed by atoms with Crippen LogP contribution in [0.4, 0.5) is 0 Å². The summed E-state index contributed by atoms with van der Waals surface area (Å²) in [4.78, 5) is 0. The highest BCUT2D eigenvalue weighted by atomic mass is 79.9. The lowest BCUT2D eigenvalue weighted by molar-refractivity contribution is 0.218. The Morgan fingerprint density at radius 1 is 1.05 bits per heavy atom. The molecule has 3 rings (SSSR count). The molecule has 2 aromatic carbocycles. The summed E-state index contributed by atoms with van der Waals surface area (Å²) in [6.45, 7) is 1.20. The molecule has 0 bridgehead atoms. The zero-order valence-electron chi connectivity index (χ0n) is 11.2. The van der Waals surface area contributed by atoms with Gasteiger partial charge < -0.3 is 14.6 Å². The molecule has 2 aromatic rings. The summed E-state index contributed by atoms with van der Waals surface area (Å²) >= 11 is 9.75. The van der Waals surface area contributed by atoms with Gasteiger partial charge in [0.25, 0.3) is 0 Å². The smallest absolute Gasteiger partial charge is 0.162 e. The van der Waals surface area contributed by atoms with E-state index < -0.39 is 6.10 Å². The first-order chi connectivity index (χ1) is 10.2. The van der Waals surface area contributed by atoms with E-state index in [1.165, 1.54) is 0 Å². The molecule has 0 aliphatic carbocycles. The Bertz CT molecular complexity index is 660. The Balaban J connectivity index is 2.02. The van der Waals surface area contributed by atoms with E-state index in [1.807, 2.05) is 24.3 Å². The number of benzene rings is 2. The summed E-state index contributed by atoms with van der Waals surface area (Å²) < 4.78 is 12.1. The molecule has 1 atom stereocenters. The third kappa shape index (κ3) is 3.03. The van der Waals surface area contributed by atoms with Crippen LogP contribution in [0.5, 0.6) is 11.5 Å². The Labute approximate surface area is 136 Å². The van der Waals surface area contributed by atoms with Crippen LogP contribution in [0, 0.1) is 0 Å². The average Bonchev–Trinajstić information content (AvgIpc) is 2.71. The van der Waals surface area contributed by atoms with Crippen molar-refractivity contribution in [3.63, 3.8) is 0 Å². The second kappa shape index (κ2) is 6.26. The molecule has 1 heterocycles. The van der Waals surface area contributed by atoms with Crippen molar-refractivity contribution < 1.29 is 14.6 Å². The topological polar surface area (TPSA) is 38.7 Å². The van der Waals surface area contributed by atoms with E-state index in [4.69, 9.17) is 21.1 Å². The fourth-order valence-electron chi connectivity index (χ4n) is 2.27. The lowest BCUT2D eigenvalue weighted by Crippen LogP contribution is -2.03. The van der Waals surface area contributed by atoms with E-state index in [2.05, 4.69) is 15.9 Å². The summed E-state index contributed by atoms with van der Waals surface area (Å²) in [6, 6.07) is 11.0. The van der Waals surface area contributed by atoms with Crippen LogP contribution in [0.25, 0.3) is 0 Å². The lowest BCUT2D eigenvalue weighted by Gasteiger charge is -2.17. The predicted molar refractivity (Wildman–Crippen MR) is 85.3 cm³/mol. The van der Waals surface area contributed by atoms with Crippen molar-refractivity contribution in [1.29, 1.82) is 0 Å². The highest BCUT2D eigenvalue weighted by Crippen LogP contribution is 2.40. The highest BCUT2D eigenvalue weighted by molar-refractivity contribution is 9.10. The van der Waals surface area contributed by atoms with Gasteiger partial charge in [-0.1, -0.05) is 45.7 Å². The molecule has 0 radical (unpaired) electrons. The molecule has 21 heavy (non-hydrogen) atoms. The standard InChI is InChI=1S/C16H14BrClO3/c17-12-5-2-1-4-10(12)16(19)11-8-14-15(9-13(11)18)21-7-3-6-20-14/h1-2,4-5,8-9,16,19H,3,6-7H2. The average molecular weight is 370 g/mol. The number of aliphatic hydroxyl groups excluding tert-OH is 1. The largest absolute Gasteiger partial charge is 0.490 e. The molecule has 0 aromatic heterocycles. The minimum Gasteiger partial charge on any atom is -0.490 e. The number of fused-ring (bicyclic) bond motifs is 1. The Kier molecular flexibility index (Phi) is 4.38. The first kappa shape index (κ1) is 14.7. The molecule has 1 unspecified atom stereocenters. The van der Waals surface area contributed by atoms with Gasteiger partial charge in [0.15, 0.2) is 11.5 Å². The maximum absolute atomic E-state index is 10.6. The zero-order valence-corrected chi connectivity index (χ0v) is 13.5. The van der Waals surface area contributed by atoms with Gasteiger partial charge >= 0.3 is 0 Å². The first-order valence-corrected chi connectivity index (χ1v) is 7.85. The van der Waals surface area contributed by atoms with Gasteiger partial charge in [-0.2, -0.15) is 0 Å². The van der Waals surface area contributed by atoms with Crippen LogP contribution in [0.2, 0.25) is 5.02 Å². The Morgan fingerprint density at radius 2 is 1.71 bits per heavy atom. The highest BCUT2D eigenvalue weighted by Gasteiger charge is 2.21. The van der Waals surface area contributed by atoms with Crippen molar-refractivity contribution in [3.05, 3.63) is 57.0 Å². The third-order valence-electron chi connectivity index (χ3n) is 3.36. The fourth-order valence-corrected chi connectivity index (χ4v) is 3.03. The molecule has 3 nitrogen and oxygen atoms in total. The number of hydrogen-bond acceptors (Lipinski definition) is 3. The van der Waals surface area contributed by atoms with Crippen LogP contribution in [0.15, 0.2) is 40.9 Å². The summed E-state index contributed by atoms with van der Waals surface area (Å²) in [5.41, 5.74) is 1.36. The molecule has 1 aliphatic rings. The van der Waals surface area contributed by atoms with Crippen molar-refractivity contribution >= 4 is 27.5 Å². The number of halogens is 2. The van der Waals surface area contributed by atoms with Gasteiger partial charge in [0.2, 0.25) is 0 Å². The summed E-state index contributed by atoms with van der Waals surface area (Å²) in [6.07, 6.45) is -0.000696. The third-order valence-corrected chi connectivity index (χ3v) is 4.41. The van der Waals surface area contributed by atoms with Crippen molar-refractivity contribution in [2.24, 2.45) is 0 Å². The van der Waals surface area contributed by atoms with Crippen LogP contribution in [0.1, 0.15) is 23.7 Å². The quantitative estimate of drug-likeness (QED) is 0.855. The minimum atomic E-state index is -0.828. The van der Waals surface area contributed by atoms with Gasteiger partial charge in [0.1, 0.15) is 6.10 Å². The second-order valence-corrected chi connectivity index (χ2v) is 6.06. The molecular formula is C16H14BrClO3.